The second-order valence-corrected chi connectivity index (χ2v) is 4.78. The van der Waals surface area contributed by atoms with Crippen molar-refractivity contribution in [1.82, 2.24) is 15.0 Å². The predicted molar refractivity (Wildman–Crippen MR) is 73.2 cm³/mol. The van der Waals surface area contributed by atoms with E-state index in [2.05, 4.69) is 28.8 Å². The summed E-state index contributed by atoms with van der Waals surface area (Å²) >= 11 is 0. The highest BCUT2D eigenvalue weighted by molar-refractivity contribution is 5.67. The second kappa shape index (κ2) is 4.72. The van der Waals surface area contributed by atoms with E-state index in [-0.39, 0.29) is 5.92 Å². The maximum absolute atomic E-state index is 5.97. The number of nitrogens with two attached hydrogens (primary N) is 1. The van der Waals surface area contributed by atoms with E-state index in [1.54, 1.807) is 6.20 Å². The smallest absolute Gasteiger partial charge is 0.133 e. The molecule has 2 heterocycles. The van der Waals surface area contributed by atoms with Crippen LogP contribution in [0.25, 0.3) is 11.3 Å². The van der Waals surface area contributed by atoms with Gasteiger partial charge in [-0.3, -0.25) is 4.98 Å². The van der Waals surface area contributed by atoms with Crippen LogP contribution in [0.4, 0.5) is 5.82 Å². The number of aryl methyl sites for hydroxylation is 1. The Morgan fingerprint density at radius 1 is 1.17 bits per heavy atom. The largest absolute Gasteiger partial charge is 0.383 e. The van der Waals surface area contributed by atoms with E-state index in [1.807, 2.05) is 26.0 Å². The Labute approximate surface area is 107 Å². The number of aromatic nitrogens is 3. The quantitative estimate of drug-likeness (QED) is 0.879. The summed E-state index contributed by atoms with van der Waals surface area (Å²) in [5, 5.41) is 0. The molecule has 2 aromatic rings. The minimum absolute atomic E-state index is 0.259. The predicted octanol–water partition coefficient (Wildman–Crippen LogP) is 2.86. The highest BCUT2D eigenvalue weighted by Crippen LogP contribution is 2.26. The van der Waals surface area contributed by atoms with Gasteiger partial charge in [-0.15, -0.1) is 0 Å². The van der Waals surface area contributed by atoms with Gasteiger partial charge in [0.15, 0.2) is 0 Å². The molecule has 0 aliphatic carbocycles. The fourth-order valence-electron chi connectivity index (χ4n) is 1.78. The molecule has 94 valence electrons. The first kappa shape index (κ1) is 12.5. The van der Waals surface area contributed by atoms with E-state index in [4.69, 9.17) is 5.73 Å². The van der Waals surface area contributed by atoms with Crippen molar-refractivity contribution < 1.29 is 0 Å². The van der Waals surface area contributed by atoms with Crippen LogP contribution < -0.4 is 5.73 Å². The van der Waals surface area contributed by atoms with Gasteiger partial charge in [0, 0.05) is 28.9 Å². The van der Waals surface area contributed by atoms with Crippen molar-refractivity contribution in [2.75, 3.05) is 5.73 Å². The lowest BCUT2D eigenvalue weighted by atomic mass is 10.1. The lowest BCUT2D eigenvalue weighted by molar-refractivity contribution is 0.776. The van der Waals surface area contributed by atoms with Crippen LogP contribution in [-0.2, 0) is 0 Å². The molecule has 2 N–H and O–H groups in total. The summed E-state index contributed by atoms with van der Waals surface area (Å²) in [5.41, 5.74) is 9.79. The summed E-state index contributed by atoms with van der Waals surface area (Å²) in [6, 6.07) is 3.96. The summed E-state index contributed by atoms with van der Waals surface area (Å²) in [6.45, 7) is 8.04. The summed E-state index contributed by atoms with van der Waals surface area (Å²) in [6.07, 6.45) is 1.79. The molecule has 0 aromatic carbocycles. The van der Waals surface area contributed by atoms with Gasteiger partial charge in [0.2, 0.25) is 0 Å². The number of pyridine rings is 1. The van der Waals surface area contributed by atoms with Gasteiger partial charge in [0.1, 0.15) is 11.6 Å². The Kier molecular flexibility index (Phi) is 3.28. The zero-order valence-electron chi connectivity index (χ0n) is 11.2. The highest BCUT2D eigenvalue weighted by Gasteiger charge is 2.12. The van der Waals surface area contributed by atoms with Gasteiger partial charge in [-0.2, -0.15) is 0 Å². The summed E-state index contributed by atoms with van der Waals surface area (Å²) in [5.74, 6) is 1.59. The van der Waals surface area contributed by atoms with Crippen LogP contribution in [0.2, 0.25) is 0 Å². The van der Waals surface area contributed by atoms with Gasteiger partial charge >= 0.3 is 0 Å². The third kappa shape index (κ3) is 2.32. The minimum Gasteiger partial charge on any atom is -0.383 e. The number of nitrogens with zero attached hydrogens (tertiary/aromatic N) is 3. The van der Waals surface area contributed by atoms with Crippen LogP contribution in [-0.4, -0.2) is 15.0 Å². The summed E-state index contributed by atoms with van der Waals surface area (Å²) in [7, 11) is 0. The van der Waals surface area contributed by atoms with Crippen LogP contribution in [0.1, 0.15) is 36.8 Å². The van der Waals surface area contributed by atoms with Crippen LogP contribution in [0.15, 0.2) is 18.3 Å². The van der Waals surface area contributed by atoms with Crippen LogP contribution in [0, 0.1) is 13.8 Å². The van der Waals surface area contributed by atoms with Gasteiger partial charge in [-0.25, -0.2) is 9.97 Å². The standard InChI is InChI=1S/C14H18N4/c1-8(2)14-17-12(10(4)13(15)18-14)11-5-6-16-9(3)7-11/h5-8H,1-4H3,(H2,15,17,18). The van der Waals surface area contributed by atoms with Gasteiger partial charge in [-0.1, -0.05) is 13.8 Å². The van der Waals surface area contributed by atoms with E-state index >= 15 is 0 Å². The molecule has 0 aliphatic heterocycles. The fraction of sp³-hybridized carbons (Fsp3) is 0.357. The Morgan fingerprint density at radius 2 is 1.89 bits per heavy atom. The lowest BCUT2D eigenvalue weighted by Gasteiger charge is -2.12. The number of rotatable bonds is 2. The second-order valence-electron chi connectivity index (χ2n) is 4.78. The number of hydrogen-bond acceptors (Lipinski definition) is 4. The normalized spacial score (nSPS) is 10.9. The molecule has 0 unspecified atom stereocenters. The Bertz CT molecular complexity index is 576. The SMILES string of the molecule is Cc1cc(-c2nc(C(C)C)nc(N)c2C)ccn1. The molecule has 4 nitrogen and oxygen atoms in total. The van der Waals surface area contributed by atoms with Crippen molar-refractivity contribution in [3.8, 4) is 11.3 Å². The maximum atomic E-state index is 5.97. The molecule has 0 amide bonds. The Hall–Kier alpha value is -1.97. The first-order chi connectivity index (χ1) is 8.49. The van der Waals surface area contributed by atoms with Crippen molar-refractivity contribution in [2.45, 2.75) is 33.6 Å². The average molecular weight is 242 g/mol. The molecule has 0 saturated carbocycles. The van der Waals surface area contributed by atoms with Gasteiger partial charge in [0.25, 0.3) is 0 Å². The first-order valence-electron chi connectivity index (χ1n) is 6.06. The molecule has 0 atom stereocenters. The van der Waals surface area contributed by atoms with Crippen molar-refractivity contribution >= 4 is 5.82 Å². The van der Waals surface area contributed by atoms with Crippen molar-refractivity contribution in [3.63, 3.8) is 0 Å². The van der Waals surface area contributed by atoms with Crippen molar-refractivity contribution in [1.29, 1.82) is 0 Å². The molecule has 0 bridgehead atoms. The van der Waals surface area contributed by atoms with E-state index in [9.17, 15) is 0 Å². The first-order valence-corrected chi connectivity index (χ1v) is 6.06. The van der Waals surface area contributed by atoms with Crippen LogP contribution in [0.3, 0.4) is 0 Å². The van der Waals surface area contributed by atoms with E-state index < -0.39 is 0 Å². The topological polar surface area (TPSA) is 64.7 Å². The van der Waals surface area contributed by atoms with Gasteiger partial charge in [0.05, 0.1) is 5.69 Å². The fourth-order valence-corrected chi connectivity index (χ4v) is 1.78. The van der Waals surface area contributed by atoms with E-state index in [0.29, 0.717) is 5.82 Å². The average Bonchev–Trinajstić information content (AvgIpc) is 2.32. The summed E-state index contributed by atoms with van der Waals surface area (Å²) < 4.78 is 0. The zero-order chi connectivity index (χ0) is 13.3. The zero-order valence-corrected chi connectivity index (χ0v) is 11.2. The Balaban J connectivity index is 2.63. The molecular weight excluding hydrogens is 224 g/mol. The van der Waals surface area contributed by atoms with Gasteiger partial charge in [-0.05, 0) is 26.0 Å². The molecule has 4 heteroatoms. The van der Waals surface area contributed by atoms with Crippen LogP contribution in [0.5, 0.6) is 0 Å². The summed E-state index contributed by atoms with van der Waals surface area (Å²) in [4.78, 5) is 13.2. The molecule has 2 rings (SSSR count). The third-order valence-electron chi connectivity index (χ3n) is 2.89. The maximum Gasteiger partial charge on any atom is 0.133 e. The molecule has 0 radical (unpaired) electrons. The number of hydrogen-bond donors (Lipinski definition) is 1. The molecule has 0 saturated heterocycles. The van der Waals surface area contributed by atoms with Crippen molar-refractivity contribution in [2.24, 2.45) is 0 Å². The molecule has 18 heavy (non-hydrogen) atoms. The molecule has 0 fully saturated rings. The number of anilines is 1. The molecule has 2 aromatic heterocycles. The van der Waals surface area contributed by atoms with Crippen LogP contribution >= 0.6 is 0 Å². The van der Waals surface area contributed by atoms with Gasteiger partial charge < -0.3 is 5.73 Å². The molecule has 0 aliphatic rings. The monoisotopic (exact) mass is 242 g/mol. The highest BCUT2D eigenvalue weighted by atomic mass is 15.0. The van der Waals surface area contributed by atoms with Crippen molar-refractivity contribution in [3.05, 3.63) is 35.4 Å². The Morgan fingerprint density at radius 3 is 2.50 bits per heavy atom. The molecule has 0 spiro atoms. The molecular formula is C14H18N4. The number of nitrogen functional groups attached to an aromatic ring is 1. The lowest BCUT2D eigenvalue weighted by Crippen LogP contribution is -2.06. The van der Waals surface area contributed by atoms with E-state index in [0.717, 1.165) is 28.3 Å². The minimum atomic E-state index is 0.259. The van der Waals surface area contributed by atoms with E-state index in [1.165, 1.54) is 0 Å². The third-order valence-corrected chi connectivity index (χ3v) is 2.89.